The van der Waals surface area contributed by atoms with Crippen molar-refractivity contribution in [1.82, 2.24) is 0 Å². The molecule has 1 unspecified atom stereocenters. The lowest BCUT2D eigenvalue weighted by atomic mass is 9.87. The van der Waals surface area contributed by atoms with E-state index in [9.17, 15) is 4.79 Å². The summed E-state index contributed by atoms with van der Waals surface area (Å²) in [5.41, 5.74) is 2.82. The van der Waals surface area contributed by atoms with Crippen LogP contribution in [-0.4, -0.2) is 11.4 Å². The van der Waals surface area contributed by atoms with Gasteiger partial charge in [0, 0.05) is 17.0 Å². The van der Waals surface area contributed by atoms with Gasteiger partial charge in [0.1, 0.15) is 11.4 Å². The van der Waals surface area contributed by atoms with E-state index in [1.165, 1.54) is 0 Å². The third-order valence-electron chi connectivity index (χ3n) is 3.58. The number of ether oxygens (including phenoxy) is 1. The molecule has 2 rings (SSSR count). The highest BCUT2D eigenvalue weighted by atomic mass is 16.5. The predicted octanol–water partition coefficient (Wildman–Crippen LogP) is 3.47. The predicted molar refractivity (Wildman–Crippen MR) is 64.3 cm³/mol. The molecule has 1 aromatic carbocycles. The van der Waals surface area contributed by atoms with E-state index >= 15 is 0 Å². The van der Waals surface area contributed by atoms with E-state index < -0.39 is 0 Å². The molecule has 1 heterocycles. The number of carbonyl (C=O) groups is 1. The van der Waals surface area contributed by atoms with Crippen LogP contribution in [0.25, 0.3) is 0 Å². The Kier molecular flexibility index (Phi) is 2.33. The van der Waals surface area contributed by atoms with Crippen LogP contribution in [0.3, 0.4) is 0 Å². The maximum absolute atomic E-state index is 11.4. The standard InChI is InChI=1S/C14H18O2/c1-8-6-11(10(3)15)7-12-9(2)14(4,5)16-13(8)12/h6-7,9H,1-5H3. The molecule has 0 amide bonds. The molecule has 2 nitrogen and oxygen atoms in total. The van der Waals surface area contributed by atoms with Crippen molar-refractivity contribution >= 4 is 5.78 Å². The van der Waals surface area contributed by atoms with E-state index in [1.807, 2.05) is 19.1 Å². The van der Waals surface area contributed by atoms with Crippen LogP contribution in [0.1, 0.15) is 55.1 Å². The Morgan fingerprint density at radius 2 is 2.00 bits per heavy atom. The Morgan fingerprint density at radius 3 is 2.56 bits per heavy atom. The van der Waals surface area contributed by atoms with Gasteiger partial charge in [0.25, 0.3) is 0 Å². The zero-order chi connectivity index (χ0) is 12.1. The average molecular weight is 218 g/mol. The van der Waals surface area contributed by atoms with Crippen molar-refractivity contribution in [3.63, 3.8) is 0 Å². The van der Waals surface area contributed by atoms with Crippen molar-refractivity contribution < 1.29 is 9.53 Å². The summed E-state index contributed by atoms with van der Waals surface area (Å²) in [4.78, 5) is 11.4. The summed E-state index contributed by atoms with van der Waals surface area (Å²) < 4.78 is 5.96. The number of Topliss-reactive ketones (excluding diaryl/α,β-unsaturated/α-hetero) is 1. The molecule has 0 saturated carbocycles. The highest BCUT2D eigenvalue weighted by Gasteiger charge is 2.39. The maximum atomic E-state index is 11.4. The Bertz CT molecular complexity index is 458. The molecule has 0 N–H and O–H groups in total. The van der Waals surface area contributed by atoms with E-state index in [0.29, 0.717) is 5.92 Å². The van der Waals surface area contributed by atoms with Crippen LogP contribution in [0.5, 0.6) is 5.75 Å². The maximum Gasteiger partial charge on any atom is 0.159 e. The number of aryl methyl sites for hydroxylation is 1. The van der Waals surface area contributed by atoms with Gasteiger partial charge in [-0.15, -0.1) is 0 Å². The van der Waals surface area contributed by atoms with E-state index in [-0.39, 0.29) is 11.4 Å². The Labute approximate surface area is 96.6 Å². The molecule has 1 atom stereocenters. The number of ketones is 1. The normalized spacial score (nSPS) is 21.4. The Balaban J connectivity index is 2.59. The Morgan fingerprint density at radius 1 is 1.38 bits per heavy atom. The monoisotopic (exact) mass is 218 g/mol. The number of hydrogen-bond donors (Lipinski definition) is 0. The van der Waals surface area contributed by atoms with Crippen LogP contribution in [0, 0.1) is 6.92 Å². The number of fused-ring (bicyclic) bond motifs is 1. The first-order valence-corrected chi connectivity index (χ1v) is 5.67. The zero-order valence-corrected chi connectivity index (χ0v) is 10.5. The van der Waals surface area contributed by atoms with E-state index in [1.54, 1.807) is 6.92 Å². The lowest BCUT2D eigenvalue weighted by molar-refractivity contribution is 0.101. The van der Waals surface area contributed by atoms with Crippen LogP contribution < -0.4 is 4.74 Å². The van der Waals surface area contributed by atoms with Crippen molar-refractivity contribution in [2.75, 3.05) is 0 Å². The molecule has 2 heteroatoms. The van der Waals surface area contributed by atoms with Crippen molar-refractivity contribution in [2.45, 2.75) is 46.1 Å². The largest absolute Gasteiger partial charge is 0.487 e. The third-order valence-corrected chi connectivity index (χ3v) is 3.58. The van der Waals surface area contributed by atoms with Gasteiger partial charge in [-0.05, 0) is 45.4 Å². The van der Waals surface area contributed by atoms with Crippen molar-refractivity contribution in [3.8, 4) is 5.75 Å². The summed E-state index contributed by atoms with van der Waals surface area (Å²) in [5.74, 6) is 1.39. The summed E-state index contributed by atoms with van der Waals surface area (Å²) in [6.07, 6.45) is 0. The molecule has 0 aliphatic carbocycles. The first kappa shape index (κ1) is 11.2. The summed E-state index contributed by atoms with van der Waals surface area (Å²) in [7, 11) is 0. The number of rotatable bonds is 1. The number of hydrogen-bond acceptors (Lipinski definition) is 2. The minimum Gasteiger partial charge on any atom is -0.487 e. The summed E-state index contributed by atoms with van der Waals surface area (Å²) in [6, 6.07) is 3.89. The molecule has 1 aliphatic rings. The minimum atomic E-state index is -0.178. The van der Waals surface area contributed by atoms with E-state index in [4.69, 9.17) is 4.74 Å². The van der Waals surface area contributed by atoms with Gasteiger partial charge in [-0.3, -0.25) is 4.79 Å². The molecule has 0 spiro atoms. The highest BCUT2D eigenvalue weighted by molar-refractivity contribution is 5.94. The van der Waals surface area contributed by atoms with Gasteiger partial charge in [-0.1, -0.05) is 6.92 Å². The van der Waals surface area contributed by atoms with Gasteiger partial charge >= 0.3 is 0 Å². The topological polar surface area (TPSA) is 26.3 Å². The fraction of sp³-hybridized carbons (Fsp3) is 0.500. The first-order chi connectivity index (χ1) is 7.33. The first-order valence-electron chi connectivity index (χ1n) is 5.67. The van der Waals surface area contributed by atoms with Gasteiger partial charge in [-0.2, -0.15) is 0 Å². The number of benzene rings is 1. The highest BCUT2D eigenvalue weighted by Crippen LogP contribution is 2.46. The minimum absolute atomic E-state index is 0.114. The van der Waals surface area contributed by atoms with Crippen LogP contribution >= 0.6 is 0 Å². The smallest absolute Gasteiger partial charge is 0.159 e. The van der Waals surface area contributed by atoms with E-state index in [2.05, 4.69) is 20.8 Å². The molecule has 0 bridgehead atoms. The third kappa shape index (κ3) is 1.53. The van der Waals surface area contributed by atoms with Gasteiger partial charge < -0.3 is 4.74 Å². The average Bonchev–Trinajstić information content (AvgIpc) is 2.40. The lowest BCUT2D eigenvalue weighted by Crippen LogP contribution is -2.28. The molecule has 0 aromatic heterocycles. The number of carbonyl (C=O) groups excluding carboxylic acids is 1. The van der Waals surface area contributed by atoms with Crippen LogP contribution in [0.15, 0.2) is 12.1 Å². The fourth-order valence-corrected chi connectivity index (χ4v) is 2.19. The molecule has 1 aliphatic heterocycles. The molecule has 0 saturated heterocycles. The molecule has 86 valence electrons. The molecule has 0 radical (unpaired) electrons. The molecule has 1 aromatic rings. The van der Waals surface area contributed by atoms with Crippen LogP contribution in [0.2, 0.25) is 0 Å². The van der Waals surface area contributed by atoms with Crippen LogP contribution in [0.4, 0.5) is 0 Å². The second kappa shape index (κ2) is 3.34. The van der Waals surface area contributed by atoms with Gasteiger partial charge in [0.15, 0.2) is 5.78 Å². The molecule has 16 heavy (non-hydrogen) atoms. The fourth-order valence-electron chi connectivity index (χ4n) is 2.19. The SMILES string of the molecule is CC(=O)c1cc(C)c2c(c1)C(C)C(C)(C)O2. The summed E-state index contributed by atoms with van der Waals surface area (Å²) in [5, 5.41) is 0. The molecular weight excluding hydrogens is 200 g/mol. The van der Waals surface area contributed by atoms with E-state index in [0.717, 1.165) is 22.4 Å². The lowest BCUT2D eigenvalue weighted by Gasteiger charge is -2.23. The van der Waals surface area contributed by atoms with Crippen molar-refractivity contribution in [2.24, 2.45) is 0 Å². The van der Waals surface area contributed by atoms with Crippen molar-refractivity contribution in [3.05, 3.63) is 28.8 Å². The van der Waals surface area contributed by atoms with Gasteiger partial charge in [0.05, 0.1) is 0 Å². The quantitative estimate of drug-likeness (QED) is 0.675. The summed E-state index contributed by atoms with van der Waals surface area (Å²) >= 11 is 0. The molecule has 0 fully saturated rings. The second-order valence-electron chi connectivity index (χ2n) is 5.19. The van der Waals surface area contributed by atoms with Gasteiger partial charge in [0.2, 0.25) is 0 Å². The van der Waals surface area contributed by atoms with Crippen molar-refractivity contribution in [1.29, 1.82) is 0 Å². The summed E-state index contributed by atoms with van der Waals surface area (Å²) in [6.45, 7) is 9.93. The Hall–Kier alpha value is -1.31. The second-order valence-corrected chi connectivity index (χ2v) is 5.19. The zero-order valence-electron chi connectivity index (χ0n) is 10.5. The molecular formula is C14H18O2. The van der Waals surface area contributed by atoms with Gasteiger partial charge in [-0.25, -0.2) is 0 Å². The van der Waals surface area contributed by atoms with Crippen LogP contribution in [-0.2, 0) is 0 Å².